The smallest absolute Gasteiger partial charge is 0.326 e. The Morgan fingerprint density at radius 1 is 1.03 bits per heavy atom. The fraction of sp³-hybridized carbons (Fsp3) is 0.154. The summed E-state index contributed by atoms with van der Waals surface area (Å²) in [5.74, 6) is -1.84. The van der Waals surface area contributed by atoms with E-state index < -0.39 is 24.1 Å². The molecule has 1 unspecified atom stereocenters. The molecular weight excluding hydrogens is 475 g/mol. The van der Waals surface area contributed by atoms with Gasteiger partial charge in [-0.05, 0) is 41.0 Å². The first-order chi connectivity index (χ1) is 16.3. The Hall–Kier alpha value is -3.32. The molecule has 3 aromatic rings. The van der Waals surface area contributed by atoms with Crippen LogP contribution in [-0.2, 0) is 11.2 Å². The highest BCUT2D eigenvalue weighted by Crippen LogP contribution is 2.36. The van der Waals surface area contributed by atoms with Crippen molar-refractivity contribution in [3.05, 3.63) is 106 Å². The predicted molar refractivity (Wildman–Crippen MR) is 133 cm³/mol. The van der Waals surface area contributed by atoms with Crippen molar-refractivity contribution in [3.8, 4) is 0 Å². The van der Waals surface area contributed by atoms with Gasteiger partial charge in [-0.25, -0.2) is 4.79 Å². The summed E-state index contributed by atoms with van der Waals surface area (Å²) >= 11 is 12.1. The van der Waals surface area contributed by atoms with E-state index in [1.165, 1.54) is 12.1 Å². The molecule has 0 aliphatic carbocycles. The number of hydrogen-bond acceptors (Lipinski definition) is 4. The van der Waals surface area contributed by atoms with E-state index in [0.29, 0.717) is 12.1 Å². The van der Waals surface area contributed by atoms with Gasteiger partial charge in [0.1, 0.15) is 6.04 Å². The van der Waals surface area contributed by atoms with Gasteiger partial charge in [0.25, 0.3) is 5.91 Å². The lowest BCUT2D eigenvalue weighted by molar-refractivity contribution is -0.139. The van der Waals surface area contributed by atoms with Crippen LogP contribution in [-0.4, -0.2) is 34.7 Å². The summed E-state index contributed by atoms with van der Waals surface area (Å²) in [7, 11) is 0. The summed E-state index contributed by atoms with van der Waals surface area (Å²) in [6.07, 6.45) is -0.763. The van der Waals surface area contributed by atoms with E-state index in [0.717, 1.165) is 22.4 Å². The highest BCUT2D eigenvalue weighted by atomic mass is 35.5. The molecule has 0 saturated heterocycles. The fourth-order valence-corrected chi connectivity index (χ4v) is 4.60. The third-order valence-electron chi connectivity index (χ3n) is 5.78. The van der Waals surface area contributed by atoms with Crippen molar-refractivity contribution in [2.75, 3.05) is 11.4 Å². The van der Waals surface area contributed by atoms with Crippen LogP contribution < -0.4 is 10.2 Å². The maximum absolute atomic E-state index is 12.6. The minimum atomic E-state index is -1.18. The van der Waals surface area contributed by atoms with Crippen molar-refractivity contribution in [2.24, 2.45) is 0 Å². The quantitative estimate of drug-likeness (QED) is 0.449. The minimum Gasteiger partial charge on any atom is -0.480 e. The largest absolute Gasteiger partial charge is 0.480 e. The van der Waals surface area contributed by atoms with E-state index >= 15 is 0 Å². The molecule has 2 atom stereocenters. The first-order valence-electron chi connectivity index (χ1n) is 10.5. The van der Waals surface area contributed by atoms with Gasteiger partial charge in [0.05, 0.1) is 15.6 Å². The van der Waals surface area contributed by atoms with E-state index in [9.17, 15) is 19.8 Å². The van der Waals surface area contributed by atoms with Crippen LogP contribution in [0.2, 0.25) is 10.0 Å². The number of anilines is 1. The Kier molecular flexibility index (Phi) is 6.93. The van der Waals surface area contributed by atoms with Gasteiger partial charge in [-0.1, -0.05) is 72.2 Å². The van der Waals surface area contributed by atoms with Gasteiger partial charge in [-0.3, -0.25) is 4.79 Å². The molecule has 1 amide bonds. The number of carboxylic acids is 1. The number of benzene rings is 3. The number of halogens is 2. The van der Waals surface area contributed by atoms with Gasteiger partial charge in [-0.2, -0.15) is 0 Å². The van der Waals surface area contributed by atoms with Crippen LogP contribution in [0.3, 0.4) is 0 Å². The van der Waals surface area contributed by atoms with Crippen LogP contribution in [0.4, 0.5) is 5.69 Å². The van der Waals surface area contributed by atoms with Crippen LogP contribution >= 0.6 is 23.2 Å². The number of fused-ring (bicyclic) bond motifs is 1. The molecule has 4 rings (SSSR count). The van der Waals surface area contributed by atoms with Crippen LogP contribution in [0.15, 0.2) is 73.3 Å². The highest BCUT2D eigenvalue weighted by Gasteiger charge is 2.28. The van der Waals surface area contributed by atoms with Crippen LogP contribution in [0, 0.1) is 0 Å². The van der Waals surface area contributed by atoms with Gasteiger partial charge in [0.15, 0.2) is 6.23 Å². The Morgan fingerprint density at radius 3 is 2.32 bits per heavy atom. The molecule has 1 heterocycles. The monoisotopic (exact) mass is 496 g/mol. The molecule has 8 heteroatoms. The molecule has 3 aromatic carbocycles. The number of aliphatic hydroxyl groups is 1. The predicted octanol–water partition coefficient (Wildman–Crippen LogP) is 4.94. The Morgan fingerprint density at radius 2 is 1.68 bits per heavy atom. The summed E-state index contributed by atoms with van der Waals surface area (Å²) in [6, 6.07) is 18.2. The van der Waals surface area contributed by atoms with E-state index in [1.807, 2.05) is 41.3 Å². The molecule has 1 aliphatic heterocycles. The Bertz CT molecular complexity index is 1240. The minimum absolute atomic E-state index is 0.0343. The van der Waals surface area contributed by atoms with E-state index in [4.69, 9.17) is 23.2 Å². The van der Waals surface area contributed by atoms with Crippen molar-refractivity contribution in [1.82, 2.24) is 5.32 Å². The zero-order valence-electron chi connectivity index (χ0n) is 18.0. The summed E-state index contributed by atoms with van der Waals surface area (Å²) in [5.41, 5.74) is 4.14. The summed E-state index contributed by atoms with van der Waals surface area (Å²) in [4.78, 5) is 26.3. The number of carbonyl (C=O) groups excluding carboxylic acids is 1. The SMILES string of the molecule is C=C1CN(c2ccc(C[C@H](NC(=O)c3c(Cl)cccc3Cl)C(=O)O)cc2)C(O)c2ccccc21. The number of carbonyl (C=O) groups is 2. The number of aliphatic carboxylic acids is 1. The van der Waals surface area contributed by atoms with Crippen LogP contribution in [0.25, 0.3) is 5.57 Å². The zero-order chi connectivity index (χ0) is 24.4. The number of nitrogens with zero attached hydrogens (tertiary/aromatic N) is 1. The first kappa shape index (κ1) is 23.8. The number of rotatable bonds is 6. The van der Waals surface area contributed by atoms with Crippen molar-refractivity contribution in [2.45, 2.75) is 18.7 Å². The van der Waals surface area contributed by atoms with Gasteiger partial charge in [0.2, 0.25) is 0 Å². The molecule has 0 fully saturated rings. The van der Waals surface area contributed by atoms with Crippen molar-refractivity contribution >= 4 is 46.3 Å². The van der Waals surface area contributed by atoms with E-state index in [1.54, 1.807) is 18.2 Å². The molecule has 0 spiro atoms. The van der Waals surface area contributed by atoms with Crippen molar-refractivity contribution < 1.29 is 19.8 Å². The molecule has 174 valence electrons. The Balaban J connectivity index is 1.49. The highest BCUT2D eigenvalue weighted by molar-refractivity contribution is 6.39. The summed E-state index contributed by atoms with van der Waals surface area (Å²) < 4.78 is 0. The molecule has 34 heavy (non-hydrogen) atoms. The molecule has 3 N–H and O–H groups in total. The lowest BCUT2D eigenvalue weighted by Gasteiger charge is -2.36. The molecule has 1 aliphatic rings. The molecule has 0 aromatic heterocycles. The second-order valence-corrected chi connectivity index (χ2v) is 8.84. The topological polar surface area (TPSA) is 89.9 Å². The van der Waals surface area contributed by atoms with Crippen LogP contribution in [0.5, 0.6) is 0 Å². The summed E-state index contributed by atoms with van der Waals surface area (Å²) in [5, 5.41) is 23.3. The molecule has 6 nitrogen and oxygen atoms in total. The maximum atomic E-state index is 12.6. The number of hydrogen-bond donors (Lipinski definition) is 3. The van der Waals surface area contributed by atoms with E-state index in [-0.39, 0.29) is 22.0 Å². The molecular formula is C26H22Cl2N2O4. The average Bonchev–Trinajstić information content (AvgIpc) is 2.81. The fourth-order valence-electron chi connectivity index (χ4n) is 4.03. The van der Waals surface area contributed by atoms with Crippen LogP contribution in [0.1, 0.15) is 33.3 Å². The standard InChI is InChI=1S/C26H22Cl2N2O4/c1-15-14-30(25(32)19-6-3-2-5-18(15)19)17-11-9-16(10-12-17)13-22(26(33)34)29-24(31)23-20(27)7-4-8-21(23)28/h2-12,22,25,32H,1,13-14H2,(H,29,31)(H,33,34)/t22-,25?/m0/s1. The summed E-state index contributed by atoms with van der Waals surface area (Å²) in [6.45, 7) is 4.59. The maximum Gasteiger partial charge on any atom is 0.326 e. The Labute approximate surface area is 207 Å². The van der Waals surface area contributed by atoms with E-state index in [2.05, 4.69) is 11.9 Å². The van der Waals surface area contributed by atoms with Crippen molar-refractivity contribution in [3.63, 3.8) is 0 Å². The first-order valence-corrected chi connectivity index (χ1v) is 11.3. The molecule has 0 bridgehead atoms. The average molecular weight is 497 g/mol. The number of aliphatic hydroxyl groups excluding tert-OH is 1. The lowest BCUT2D eigenvalue weighted by atomic mass is 9.94. The lowest BCUT2D eigenvalue weighted by Crippen LogP contribution is -2.42. The number of carboxylic acid groups (broad SMARTS) is 1. The van der Waals surface area contributed by atoms with Gasteiger partial charge >= 0.3 is 5.97 Å². The van der Waals surface area contributed by atoms with Gasteiger partial charge in [-0.15, -0.1) is 0 Å². The van der Waals surface area contributed by atoms with Crippen molar-refractivity contribution in [1.29, 1.82) is 0 Å². The zero-order valence-corrected chi connectivity index (χ0v) is 19.6. The number of amides is 1. The van der Waals surface area contributed by atoms with Gasteiger partial charge < -0.3 is 20.4 Å². The number of nitrogens with one attached hydrogen (secondary N) is 1. The van der Waals surface area contributed by atoms with Gasteiger partial charge in [0, 0.05) is 24.2 Å². The molecule has 0 saturated carbocycles. The normalized spacial score (nSPS) is 16.0. The third kappa shape index (κ3) is 4.80. The second kappa shape index (κ2) is 9.89. The molecule has 0 radical (unpaired) electrons. The second-order valence-electron chi connectivity index (χ2n) is 8.02. The third-order valence-corrected chi connectivity index (χ3v) is 6.41.